The monoisotopic (exact) mass is 389 g/mol. The molecule has 3 aromatic rings. The second-order valence-corrected chi connectivity index (χ2v) is 7.70. The van der Waals surface area contributed by atoms with Crippen LogP contribution < -0.4 is 10.3 Å². The molecule has 0 aliphatic heterocycles. The van der Waals surface area contributed by atoms with E-state index in [4.69, 9.17) is 4.74 Å². The highest BCUT2D eigenvalue weighted by atomic mass is 32.1. The van der Waals surface area contributed by atoms with E-state index in [1.165, 1.54) is 4.88 Å². The molecule has 4 rings (SSSR count). The Bertz CT molecular complexity index is 1180. The van der Waals surface area contributed by atoms with Gasteiger partial charge in [-0.3, -0.25) is 4.79 Å². The zero-order valence-corrected chi connectivity index (χ0v) is 16.1. The van der Waals surface area contributed by atoms with E-state index in [0.717, 1.165) is 36.8 Å². The third kappa shape index (κ3) is 3.37. The number of aromatic amines is 1. The van der Waals surface area contributed by atoms with E-state index in [2.05, 4.69) is 22.6 Å². The molecule has 0 saturated heterocycles. The van der Waals surface area contributed by atoms with Gasteiger partial charge in [-0.1, -0.05) is 30.9 Å². The summed E-state index contributed by atoms with van der Waals surface area (Å²) in [4.78, 5) is 22.1. The molecule has 0 atom stereocenters. The zero-order valence-electron chi connectivity index (χ0n) is 15.3. The number of aromatic nitrogens is 2. The van der Waals surface area contributed by atoms with Crippen LogP contribution in [0.3, 0.4) is 0 Å². The van der Waals surface area contributed by atoms with Crippen molar-refractivity contribution >= 4 is 33.2 Å². The maximum atomic E-state index is 12.8. The molecule has 0 spiro atoms. The molecular formula is C22H19N3O2S. The average molecular weight is 389 g/mol. The van der Waals surface area contributed by atoms with Crippen molar-refractivity contribution in [2.75, 3.05) is 6.61 Å². The predicted molar refractivity (Wildman–Crippen MR) is 113 cm³/mol. The molecule has 5 nitrogen and oxygen atoms in total. The minimum atomic E-state index is -0.170. The molecule has 0 bridgehead atoms. The SMILES string of the molecule is C=CCOc1ccccc1/C=C(\C#N)c1nc2sc3c(c2c(=O)[nH]1)CCCC3. The second kappa shape index (κ2) is 7.83. The molecule has 0 radical (unpaired) electrons. The number of nitrogens with zero attached hydrogens (tertiary/aromatic N) is 2. The highest BCUT2D eigenvalue weighted by molar-refractivity contribution is 7.18. The van der Waals surface area contributed by atoms with E-state index in [0.29, 0.717) is 28.1 Å². The van der Waals surface area contributed by atoms with E-state index in [9.17, 15) is 10.1 Å². The smallest absolute Gasteiger partial charge is 0.260 e. The number of para-hydroxylation sites is 1. The van der Waals surface area contributed by atoms with Gasteiger partial charge >= 0.3 is 0 Å². The van der Waals surface area contributed by atoms with Crippen LogP contribution in [0.2, 0.25) is 0 Å². The van der Waals surface area contributed by atoms with Gasteiger partial charge in [-0.2, -0.15) is 5.26 Å². The van der Waals surface area contributed by atoms with Gasteiger partial charge in [0.25, 0.3) is 5.56 Å². The minimum Gasteiger partial charge on any atom is -0.489 e. The van der Waals surface area contributed by atoms with Gasteiger partial charge in [0.1, 0.15) is 23.3 Å². The Hall–Kier alpha value is -3.17. The highest BCUT2D eigenvalue weighted by Crippen LogP contribution is 2.34. The van der Waals surface area contributed by atoms with Gasteiger partial charge in [0, 0.05) is 10.4 Å². The van der Waals surface area contributed by atoms with Crippen LogP contribution in [0.25, 0.3) is 21.9 Å². The van der Waals surface area contributed by atoms with Crippen LogP contribution in [-0.2, 0) is 12.8 Å². The van der Waals surface area contributed by atoms with Crippen LogP contribution in [0.1, 0.15) is 34.7 Å². The summed E-state index contributed by atoms with van der Waals surface area (Å²) >= 11 is 1.57. The van der Waals surface area contributed by atoms with Gasteiger partial charge in [-0.25, -0.2) is 4.98 Å². The molecular weight excluding hydrogens is 370 g/mol. The Morgan fingerprint density at radius 2 is 2.18 bits per heavy atom. The Labute approximate surface area is 166 Å². The molecule has 0 unspecified atom stereocenters. The van der Waals surface area contributed by atoms with Gasteiger partial charge in [-0.15, -0.1) is 11.3 Å². The van der Waals surface area contributed by atoms with Crippen molar-refractivity contribution in [3.8, 4) is 11.8 Å². The topological polar surface area (TPSA) is 78.8 Å². The maximum Gasteiger partial charge on any atom is 0.260 e. The molecule has 0 amide bonds. The van der Waals surface area contributed by atoms with E-state index in [1.807, 2.05) is 24.3 Å². The number of aryl methyl sites for hydroxylation is 2. The van der Waals surface area contributed by atoms with Crippen molar-refractivity contribution in [2.45, 2.75) is 25.7 Å². The lowest BCUT2D eigenvalue weighted by molar-refractivity contribution is 0.362. The fraction of sp³-hybridized carbons (Fsp3) is 0.227. The maximum absolute atomic E-state index is 12.8. The lowest BCUT2D eigenvalue weighted by Crippen LogP contribution is -2.12. The molecule has 140 valence electrons. The minimum absolute atomic E-state index is 0.170. The largest absolute Gasteiger partial charge is 0.489 e. The Balaban J connectivity index is 1.80. The molecule has 1 N–H and O–H groups in total. The van der Waals surface area contributed by atoms with Crippen LogP contribution >= 0.6 is 11.3 Å². The van der Waals surface area contributed by atoms with Crippen LogP contribution in [0.5, 0.6) is 5.75 Å². The molecule has 0 fully saturated rings. The third-order valence-corrected chi connectivity index (χ3v) is 5.96. The van der Waals surface area contributed by atoms with Crippen LogP contribution in [-0.4, -0.2) is 16.6 Å². The number of rotatable bonds is 5. The number of H-pyrrole nitrogens is 1. The first-order valence-electron chi connectivity index (χ1n) is 9.20. The van der Waals surface area contributed by atoms with Crippen molar-refractivity contribution in [3.05, 3.63) is 69.1 Å². The van der Waals surface area contributed by atoms with Crippen LogP contribution in [0.4, 0.5) is 0 Å². The standard InChI is InChI=1S/C22H19N3O2S/c1-2-11-27-17-9-5-3-7-14(17)12-15(13-23)20-24-21(26)19-16-8-4-6-10-18(16)28-22(19)25-20/h2-3,5,7,9,12H,1,4,6,8,10-11H2,(H,24,25,26)/b15-12+. The Morgan fingerprint density at radius 3 is 3.00 bits per heavy atom. The van der Waals surface area contributed by atoms with Gasteiger partial charge in [0.15, 0.2) is 5.82 Å². The number of ether oxygens (including phenoxy) is 1. The Morgan fingerprint density at radius 1 is 1.36 bits per heavy atom. The van der Waals surface area contributed by atoms with E-state index >= 15 is 0 Å². The summed E-state index contributed by atoms with van der Waals surface area (Å²) in [5.74, 6) is 0.933. The van der Waals surface area contributed by atoms with E-state index in [-0.39, 0.29) is 11.4 Å². The number of hydrogen-bond acceptors (Lipinski definition) is 5. The third-order valence-electron chi connectivity index (χ3n) is 4.78. The second-order valence-electron chi connectivity index (χ2n) is 6.61. The quantitative estimate of drug-likeness (QED) is 0.515. The van der Waals surface area contributed by atoms with Crippen molar-refractivity contribution in [3.63, 3.8) is 0 Å². The number of hydrogen-bond donors (Lipinski definition) is 1. The average Bonchev–Trinajstić information content (AvgIpc) is 3.10. The van der Waals surface area contributed by atoms with Gasteiger partial charge in [0.2, 0.25) is 0 Å². The number of thiophene rings is 1. The number of benzene rings is 1. The highest BCUT2D eigenvalue weighted by Gasteiger charge is 2.20. The van der Waals surface area contributed by atoms with E-state index < -0.39 is 0 Å². The summed E-state index contributed by atoms with van der Waals surface area (Å²) in [6.07, 6.45) is 7.53. The first-order chi connectivity index (χ1) is 13.7. The molecule has 1 aliphatic rings. The molecule has 0 saturated carbocycles. The van der Waals surface area contributed by atoms with Crippen molar-refractivity contribution in [1.29, 1.82) is 5.26 Å². The normalized spacial score (nSPS) is 13.8. The van der Waals surface area contributed by atoms with Gasteiger partial charge in [0.05, 0.1) is 11.0 Å². The summed E-state index contributed by atoms with van der Waals surface area (Å²) in [5, 5.41) is 10.4. The molecule has 2 aromatic heterocycles. The number of nitriles is 1. The lowest BCUT2D eigenvalue weighted by atomic mass is 9.97. The molecule has 2 heterocycles. The molecule has 1 aromatic carbocycles. The van der Waals surface area contributed by atoms with Crippen molar-refractivity contribution in [1.82, 2.24) is 9.97 Å². The fourth-order valence-corrected chi connectivity index (χ4v) is 4.74. The van der Waals surface area contributed by atoms with Crippen molar-refractivity contribution in [2.24, 2.45) is 0 Å². The lowest BCUT2D eigenvalue weighted by Gasteiger charge is -2.09. The molecule has 6 heteroatoms. The van der Waals surface area contributed by atoms with Crippen LogP contribution in [0, 0.1) is 11.3 Å². The fourth-order valence-electron chi connectivity index (χ4n) is 3.48. The molecule has 28 heavy (non-hydrogen) atoms. The predicted octanol–water partition coefficient (Wildman–Crippen LogP) is 4.49. The summed E-state index contributed by atoms with van der Waals surface area (Å²) in [7, 11) is 0. The van der Waals surface area contributed by atoms with Gasteiger partial charge < -0.3 is 9.72 Å². The Kier molecular flexibility index (Phi) is 5.09. The summed E-state index contributed by atoms with van der Waals surface area (Å²) in [6.45, 7) is 4.02. The van der Waals surface area contributed by atoms with E-state index in [1.54, 1.807) is 23.5 Å². The van der Waals surface area contributed by atoms with Crippen LogP contribution in [0.15, 0.2) is 41.7 Å². The molecule has 1 aliphatic carbocycles. The number of allylic oxidation sites excluding steroid dienone is 1. The summed E-state index contributed by atoms with van der Waals surface area (Å²) in [6, 6.07) is 9.58. The number of fused-ring (bicyclic) bond motifs is 3. The van der Waals surface area contributed by atoms with Gasteiger partial charge in [-0.05, 0) is 43.4 Å². The zero-order chi connectivity index (χ0) is 19.5. The first-order valence-corrected chi connectivity index (χ1v) is 10.0. The summed E-state index contributed by atoms with van der Waals surface area (Å²) in [5.41, 5.74) is 2.00. The summed E-state index contributed by atoms with van der Waals surface area (Å²) < 4.78 is 5.65. The first kappa shape index (κ1) is 18.2. The number of nitrogens with one attached hydrogen (secondary N) is 1. The van der Waals surface area contributed by atoms with Crippen molar-refractivity contribution < 1.29 is 4.74 Å².